The Morgan fingerprint density at radius 1 is 0.413 bits per heavy atom. The Morgan fingerprint density at radius 2 is 0.921 bits per heavy atom. The van der Waals surface area contributed by atoms with Crippen molar-refractivity contribution in [2.45, 2.75) is 6.92 Å². The molecule has 0 saturated carbocycles. The molecule has 0 amide bonds. The molecule has 0 aliphatic heterocycles. The molecule has 2 aromatic heterocycles. The maximum atomic E-state index is 6.88. The first-order valence-corrected chi connectivity index (χ1v) is 21.7. The first-order chi connectivity index (χ1) is 31.2. The summed E-state index contributed by atoms with van der Waals surface area (Å²) in [4.78, 5) is 0. The van der Waals surface area contributed by atoms with Crippen molar-refractivity contribution in [1.82, 2.24) is 4.57 Å². The molecule has 2 nitrogen and oxygen atoms in total. The number of nitrogens with zero attached hydrogens (tertiary/aromatic N) is 1. The highest BCUT2D eigenvalue weighted by molar-refractivity contribution is 6.30. The normalized spacial score (nSPS) is 12.2. The topological polar surface area (TPSA) is 18.1 Å². The molecule has 0 N–H and O–H groups in total. The lowest BCUT2D eigenvalue weighted by molar-refractivity contribution is 0.669. The molecule has 2 heteroatoms. The minimum Gasteiger partial charge on any atom is -0.456 e. The second-order valence-electron chi connectivity index (χ2n) is 16.7. The van der Waals surface area contributed by atoms with Crippen LogP contribution in [0.2, 0.25) is 0 Å². The molecule has 0 radical (unpaired) electrons. The van der Waals surface area contributed by atoms with Gasteiger partial charge < -0.3 is 8.98 Å². The molecular formula is C61H39NO. The molecule has 0 saturated heterocycles. The number of benzene rings is 11. The van der Waals surface area contributed by atoms with Crippen LogP contribution in [0.4, 0.5) is 0 Å². The Labute approximate surface area is 363 Å². The van der Waals surface area contributed by atoms with Gasteiger partial charge in [-0.15, -0.1) is 0 Å². The molecule has 13 rings (SSSR count). The van der Waals surface area contributed by atoms with Crippen LogP contribution in [0, 0.1) is 0 Å². The van der Waals surface area contributed by atoms with E-state index in [0.29, 0.717) is 0 Å². The second-order valence-corrected chi connectivity index (χ2v) is 16.7. The number of fused-ring (bicyclic) bond motifs is 13. The minimum absolute atomic E-state index is 0.886. The standard InChI is InChI=1S/C61H39NO/c1-3-16-56-42(4-2)54-33-39(28-30-57(54)62(56)41-19-6-5-7-20-41)60-46-23-12-14-25-48(46)61(49-26-15-13-24-47(49)60)40-27-29-45-55-35-52-51-32-38-18-9-8-17-37(38)31-50(51)43-21-10-11-22-44(43)53(52)36-59(55)63-58(45)34-40/h3-36H,2H2,1H3/b16-3-. The van der Waals surface area contributed by atoms with Crippen molar-refractivity contribution in [2.75, 3.05) is 0 Å². The number of furan rings is 1. The summed E-state index contributed by atoms with van der Waals surface area (Å²) in [6.45, 7) is 6.38. The number of hydrogen-bond donors (Lipinski definition) is 0. The van der Waals surface area contributed by atoms with Crippen LogP contribution in [-0.4, -0.2) is 4.57 Å². The van der Waals surface area contributed by atoms with Gasteiger partial charge in [-0.25, -0.2) is 0 Å². The summed E-state index contributed by atoms with van der Waals surface area (Å²) in [6.07, 6.45) is 6.30. The van der Waals surface area contributed by atoms with Crippen LogP contribution >= 0.6 is 0 Å². The second kappa shape index (κ2) is 13.7. The van der Waals surface area contributed by atoms with Gasteiger partial charge in [0, 0.05) is 27.4 Å². The first kappa shape index (κ1) is 35.5. The lowest BCUT2D eigenvalue weighted by Crippen LogP contribution is -1.96. The Kier molecular flexibility index (Phi) is 7.71. The van der Waals surface area contributed by atoms with Gasteiger partial charge >= 0.3 is 0 Å². The van der Waals surface area contributed by atoms with Gasteiger partial charge in [0.15, 0.2) is 0 Å². The lowest BCUT2D eigenvalue weighted by atomic mass is 9.85. The molecule has 0 unspecified atom stereocenters. The zero-order valence-electron chi connectivity index (χ0n) is 34.7. The number of para-hydroxylation sites is 1. The largest absolute Gasteiger partial charge is 0.456 e. The maximum absolute atomic E-state index is 6.88. The molecule has 11 aromatic carbocycles. The van der Waals surface area contributed by atoms with Crippen LogP contribution in [0.1, 0.15) is 18.2 Å². The molecule has 0 spiro atoms. The predicted octanol–water partition coefficient (Wildman–Crippen LogP) is 17.5. The lowest BCUT2D eigenvalue weighted by Gasteiger charge is -2.18. The minimum atomic E-state index is 0.886. The number of allylic oxidation sites excluding steroid dienone is 1. The highest BCUT2D eigenvalue weighted by Gasteiger charge is 2.21. The van der Waals surface area contributed by atoms with E-state index < -0.39 is 0 Å². The van der Waals surface area contributed by atoms with Crippen LogP contribution in [-0.2, 0) is 0 Å². The van der Waals surface area contributed by atoms with Gasteiger partial charge in [-0.2, -0.15) is 0 Å². The van der Waals surface area contributed by atoms with E-state index in [-0.39, 0.29) is 0 Å². The van der Waals surface area contributed by atoms with Gasteiger partial charge in [0.1, 0.15) is 11.2 Å². The van der Waals surface area contributed by atoms with E-state index >= 15 is 0 Å². The van der Waals surface area contributed by atoms with Crippen molar-refractivity contribution < 1.29 is 4.42 Å². The summed E-state index contributed by atoms with van der Waals surface area (Å²) in [6, 6.07) is 68.9. The summed E-state index contributed by atoms with van der Waals surface area (Å²) in [5, 5.41) is 18.3. The maximum Gasteiger partial charge on any atom is 0.136 e. The van der Waals surface area contributed by atoms with Gasteiger partial charge in [0.05, 0.1) is 11.2 Å². The van der Waals surface area contributed by atoms with Crippen molar-refractivity contribution >= 4 is 110 Å². The molecule has 0 bridgehead atoms. The van der Waals surface area contributed by atoms with Crippen molar-refractivity contribution in [2.24, 2.45) is 0 Å². The summed E-state index contributed by atoms with van der Waals surface area (Å²) in [7, 11) is 0. The quantitative estimate of drug-likeness (QED) is 0.125. The molecule has 63 heavy (non-hydrogen) atoms. The van der Waals surface area contributed by atoms with E-state index in [9.17, 15) is 0 Å². The van der Waals surface area contributed by atoms with E-state index in [1.165, 1.54) is 86.7 Å². The van der Waals surface area contributed by atoms with Crippen molar-refractivity contribution in [1.29, 1.82) is 0 Å². The molecule has 0 atom stereocenters. The molecule has 2 heterocycles. The zero-order chi connectivity index (χ0) is 41.8. The summed E-state index contributed by atoms with van der Waals surface area (Å²) >= 11 is 0. The van der Waals surface area contributed by atoms with Crippen LogP contribution in [0.5, 0.6) is 0 Å². The van der Waals surface area contributed by atoms with Gasteiger partial charge in [-0.3, -0.25) is 0 Å². The third-order valence-electron chi connectivity index (χ3n) is 13.4. The van der Waals surface area contributed by atoms with Crippen molar-refractivity contribution in [3.63, 3.8) is 0 Å². The summed E-state index contributed by atoms with van der Waals surface area (Å²) in [5.41, 5.74) is 11.1. The van der Waals surface area contributed by atoms with Crippen LogP contribution in [0.25, 0.3) is 138 Å². The predicted molar refractivity (Wildman–Crippen MR) is 271 cm³/mol. The summed E-state index contributed by atoms with van der Waals surface area (Å²) < 4.78 is 9.23. The molecule has 13 aromatic rings. The third kappa shape index (κ3) is 5.19. The van der Waals surface area contributed by atoms with E-state index in [1.807, 2.05) is 6.08 Å². The molecule has 0 aliphatic rings. The third-order valence-corrected chi connectivity index (χ3v) is 13.4. The number of aromatic nitrogens is 1. The van der Waals surface area contributed by atoms with Gasteiger partial charge in [-0.1, -0.05) is 146 Å². The Balaban J connectivity index is 1.03. The van der Waals surface area contributed by atoms with Crippen molar-refractivity contribution in [3.05, 3.63) is 212 Å². The van der Waals surface area contributed by atoms with Gasteiger partial charge in [-0.05, 0) is 161 Å². The number of hydrogen-bond acceptors (Lipinski definition) is 1. The van der Waals surface area contributed by atoms with Crippen LogP contribution in [0.3, 0.4) is 0 Å². The van der Waals surface area contributed by atoms with E-state index in [2.05, 4.69) is 218 Å². The molecule has 294 valence electrons. The van der Waals surface area contributed by atoms with E-state index in [4.69, 9.17) is 4.42 Å². The Morgan fingerprint density at radius 3 is 1.54 bits per heavy atom. The Bertz CT molecular complexity index is 4050. The molecule has 0 fully saturated rings. The van der Waals surface area contributed by atoms with Crippen molar-refractivity contribution in [3.8, 4) is 27.9 Å². The first-order valence-electron chi connectivity index (χ1n) is 21.7. The average Bonchev–Trinajstić information content (AvgIpc) is 3.85. The summed E-state index contributed by atoms with van der Waals surface area (Å²) in [5.74, 6) is 0. The highest BCUT2D eigenvalue weighted by atomic mass is 16.3. The zero-order valence-corrected chi connectivity index (χ0v) is 34.7. The fourth-order valence-corrected chi connectivity index (χ4v) is 10.7. The fraction of sp³-hybridized carbons (Fsp3) is 0.0164. The number of rotatable bonds is 5. The Hall–Kier alpha value is -8.20. The van der Waals surface area contributed by atoms with E-state index in [1.54, 1.807) is 0 Å². The SMILES string of the molecule is C=Cc1c(/C=C\C)n(-c2ccccc2)c2ccc(-c3c4ccccc4c(-c4ccc5c(c4)oc4cc6c7ccccc7c7cc8ccccc8cc7c6cc45)c4ccccc34)cc12. The average molecular weight is 802 g/mol. The van der Waals surface area contributed by atoms with Gasteiger partial charge in [0.25, 0.3) is 0 Å². The van der Waals surface area contributed by atoms with Crippen LogP contribution in [0.15, 0.2) is 205 Å². The molecular weight excluding hydrogens is 763 g/mol. The highest BCUT2D eigenvalue weighted by Crippen LogP contribution is 2.47. The van der Waals surface area contributed by atoms with Gasteiger partial charge in [0.2, 0.25) is 0 Å². The smallest absolute Gasteiger partial charge is 0.136 e. The van der Waals surface area contributed by atoms with E-state index in [0.717, 1.165) is 50.0 Å². The molecule has 0 aliphatic carbocycles. The fourth-order valence-electron chi connectivity index (χ4n) is 10.7. The van der Waals surface area contributed by atoms with Crippen LogP contribution < -0.4 is 0 Å². The monoisotopic (exact) mass is 801 g/mol.